The Labute approximate surface area is 155 Å². The van der Waals surface area contributed by atoms with Gasteiger partial charge in [0.2, 0.25) is 0 Å². The van der Waals surface area contributed by atoms with Gasteiger partial charge in [-0.25, -0.2) is 4.98 Å². The van der Waals surface area contributed by atoms with Crippen LogP contribution in [0, 0.1) is 5.92 Å². The molecule has 0 aliphatic rings. The van der Waals surface area contributed by atoms with Gasteiger partial charge in [0, 0.05) is 10.6 Å². The minimum Gasteiger partial charge on any atom is -0.412 e. The lowest BCUT2D eigenvalue weighted by Gasteiger charge is -2.15. The van der Waals surface area contributed by atoms with Crippen molar-refractivity contribution in [1.29, 1.82) is 0 Å². The standard InChI is InChI=1S/C14H17ClN6O.BrH.H2O/c1-8(2)12(16)13(22)19-21-14-18-11(7-17-20-14)9-3-5-10(15)6-4-9;;/h3-8,12H,16H2,1-2H3,(H,19,22)(H,18,20,21);1H;1H2. The number of carbonyl (C=O) groups excluding carboxylic acids is 1. The number of nitrogens with zero attached hydrogens (tertiary/aromatic N) is 3. The molecule has 6 N–H and O–H groups in total. The van der Waals surface area contributed by atoms with E-state index in [-0.39, 0.29) is 40.2 Å². The van der Waals surface area contributed by atoms with Crippen molar-refractivity contribution in [1.82, 2.24) is 20.6 Å². The molecule has 1 amide bonds. The van der Waals surface area contributed by atoms with Crippen LogP contribution in [-0.4, -0.2) is 32.6 Å². The first-order valence-electron chi connectivity index (χ1n) is 6.74. The number of amides is 1. The summed E-state index contributed by atoms with van der Waals surface area (Å²) in [7, 11) is 0. The van der Waals surface area contributed by atoms with Crippen molar-refractivity contribution >= 4 is 40.4 Å². The van der Waals surface area contributed by atoms with Crippen LogP contribution >= 0.6 is 28.6 Å². The van der Waals surface area contributed by atoms with Crippen molar-refractivity contribution in [2.45, 2.75) is 19.9 Å². The number of hydrazine groups is 1. The number of hydrogen-bond acceptors (Lipinski definition) is 6. The van der Waals surface area contributed by atoms with Gasteiger partial charge < -0.3 is 11.2 Å². The molecule has 0 saturated carbocycles. The second-order valence-corrected chi connectivity index (χ2v) is 5.49. The Balaban J connectivity index is 0.00000264. The molecule has 0 saturated heterocycles. The Morgan fingerprint density at radius 2 is 1.88 bits per heavy atom. The SMILES string of the molecule is Br.CC(C)C(N)C(=O)NNc1nncc(-c2ccc(Cl)cc2)n1.O. The number of carbonyl (C=O) groups is 1. The predicted molar refractivity (Wildman–Crippen MR) is 98.8 cm³/mol. The summed E-state index contributed by atoms with van der Waals surface area (Å²) in [5.41, 5.74) is 12.3. The number of anilines is 1. The van der Waals surface area contributed by atoms with Gasteiger partial charge in [0.05, 0.1) is 17.9 Å². The molecule has 0 aliphatic heterocycles. The number of rotatable bonds is 5. The van der Waals surface area contributed by atoms with Crippen LogP contribution < -0.4 is 16.6 Å². The van der Waals surface area contributed by atoms with Gasteiger partial charge in [0.1, 0.15) is 0 Å². The first kappa shape index (κ1) is 22.2. The molecule has 10 heteroatoms. The third kappa shape index (κ3) is 6.00. The zero-order chi connectivity index (χ0) is 16.1. The molecule has 0 fully saturated rings. The Bertz CT molecular complexity index is 656. The average Bonchev–Trinajstić information content (AvgIpc) is 2.52. The van der Waals surface area contributed by atoms with Crippen molar-refractivity contribution < 1.29 is 10.3 Å². The highest BCUT2D eigenvalue weighted by molar-refractivity contribution is 8.93. The summed E-state index contributed by atoms with van der Waals surface area (Å²) in [5.74, 6) is -0.131. The van der Waals surface area contributed by atoms with Gasteiger partial charge >= 0.3 is 0 Å². The summed E-state index contributed by atoms with van der Waals surface area (Å²) >= 11 is 5.85. The molecule has 2 aromatic rings. The Kier molecular flexibility index (Phi) is 9.37. The van der Waals surface area contributed by atoms with Gasteiger partial charge in [-0.1, -0.05) is 37.6 Å². The van der Waals surface area contributed by atoms with E-state index >= 15 is 0 Å². The van der Waals surface area contributed by atoms with E-state index in [1.165, 1.54) is 6.20 Å². The summed E-state index contributed by atoms with van der Waals surface area (Å²) in [4.78, 5) is 16.0. The van der Waals surface area contributed by atoms with Crippen LogP contribution in [0.3, 0.4) is 0 Å². The van der Waals surface area contributed by atoms with E-state index in [2.05, 4.69) is 26.0 Å². The van der Waals surface area contributed by atoms with Crippen LogP contribution in [0.5, 0.6) is 0 Å². The van der Waals surface area contributed by atoms with Crippen LogP contribution in [-0.2, 0) is 4.79 Å². The number of benzene rings is 1. The van der Waals surface area contributed by atoms with Crippen molar-refractivity contribution in [3.8, 4) is 11.3 Å². The summed E-state index contributed by atoms with van der Waals surface area (Å²) in [6, 6.07) is 6.55. The molecule has 1 aromatic carbocycles. The highest BCUT2D eigenvalue weighted by atomic mass is 79.9. The Morgan fingerprint density at radius 3 is 2.46 bits per heavy atom. The van der Waals surface area contributed by atoms with Crippen LogP contribution in [0.4, 0.5) is 5.95 Å². The van der Waals surface area contributed by atoms with Crippen molar-refractivity contribution in [2.75, 3.05) is 5.43 Å². The molecule has 0 radical (unpaired) electrons. The molecule has 0 aliphatic carbocycles. The van der Waals surface area contributed by atoms with E-state index in [0.29, 0.717) is 10.7 Å². The van der Waals surface area contributed by atoms with E-state index in [4.69, 9.17) is 17.3 Å². The fourth-order valence-corrected chi connectivity index (χ4v) is 1.75. The van der Waals surface area contributed by atoms with Crippen molar-refractivity contribution in [3.63, 3.8) is 0 Å². The molecular formula is C14H20BrClN6O2. The Hall–Kier alpha value is -1.81. The topological polar surface area (TPSA) is 137 Å². The molecule has 1 heterocycles. The predicted octanol–water partition coefficient (Wildman–Crippen LogP) is 1.37. The fraction of sp³-hybridized carbons (Fsp3) is 0.286. The normalized spacial score (nSPS) is 11.0. The number of halogens is 2. The number of aromatic nitrogens is 3. The summed E-state index contributed by atoms with van der Waals surface area (Å²) in [6.45, 7) is 3.73. The maximum absolute atomic E-state index is 11.8. The van der Waals surface area contributed by atoms with Crippen molar-refractivity contribution in [3.05, 3.63) is 35.5 Å². The monoisotopic (exact) mass is 418 g/mol. The third-order valence-corrected chi connectivity index (χ3v) is 3.27. The molecule has 1 atom stereocenters. The van der Waals surface area contributed by atoms with E-state index in [1.54, 1.807) is 12.1 Å². The van der Waals surface area contributed by atoms with Crippen LogP contribution in [0.1, 0.15) is 13.8 Å². The van der Waals surface area contributed by atoms with Gasteiger partial charge in [-0.3, -0.25) is 15.6 Å². The maximum Gasteiger partial charge on any atom is 0.262 e. The second kappa shape index (κ2) is 10.1. The zero-order valence-electron chi connectivity index (χ0n) is 13.2. The van der Waals surface area contributed by atoms with Gasteiger partial charge in [0.15, 0.2) is 0 Å². The van der Waals surface area contributed by atoms with Gasteiger partial charge in [-0.15, -0.1) is 22.1 Å². The smallest absolute Gasteiger partial charge is 0.262 e. The lowest BCUT2D eigenvalue weighted by molar-refractivity contribution is -0.122. The summed E-state index contributed by atoms with van der Waals surface area (Å²) in [5, 5.41) is 8.29. The van der Waals surface area contributed by atoms with Crippen LogP contribution in [0.2, 0.25) is 5.02 Å². The van der Waals surface area contributed by atoms with E-state index in [1.807, 2.05) is 26.0 Å². The molecule has 0 spiro atoms. The maximum atomic E-state index is 11.8. The Morgan fingerprint density at radius 1 is 1.25 bits per heavy atom. The molecule has 1 aromatic heterocycles. The van der Waals surface area contributed by atoms with E-state index in [9.17, 15) is 4.79 Å². The highest BCUT2D eigenvalue weighted by Crippen LogP contribution is 2.19. The van der Waals surface area contributed by atoms with Gasteiger partial charge in [-0.05, 0) is 18.1 Å². The number of hydrogen-bond donors (Lipinski definition) is 3. The molecule has 2 rings (SSSR count). The largest absolute Gasteiger partial charge is 0.412 e. The van der Waals surface area contributed by atoms with E-state index < -0.39 is 6.04 Å². The summed E-state index contributed by atoms with van der Waals surface area (Å²) in [6.07, 6.45) is 1.52. The summed E-state index contributed by atoms with van der Waals surface area (Å²) < 4.78 is 0. The third-order valence-electron chi connectivity index (χ3n) is 3.02. The molecule has 132 valence electrons. The van der Waals surface area contributed by atoms with Crippen molar-refractivity contribution in [2.24, 2.45) is 11.7 Å². The molecule has 0 bridgehead atoms. The highest BCUT2D eigenvalue weighted by Gasteiger charge is 2.17. The molecule has 1 unspecified atom stereocenters. The minimum atomic E-state index is -0.611. The first-order chi connectivity index (χ1) is 10.5. The van der Waals surface area contributed by atoms with Crippen LogP contribution in [0.25, 0.3) is 11.3 Å². The molecule has 8 nitrogen and oxygen atoms in total. The number of nitrogens with two attached hydrogens (primary N) is 1. The van der Waals surface area contributed by atoms with Crippen LogP contribution in [0.15, 0.2) is 30.5 Å². The zero-order valence-corrected chi connectivity index (χ0v) is 15.6. The average molecular weight is 420 g/mol. The quantitative estimate of drug-likeness (QED) is 0.626. The molecular weight excluding hydrogens is 400 g/mol. The number of nitrogens with one attached hydrogen (secondary N) is 2. The second-order valence-electron chi connectivity index (χ2n) is 5.06. The lowest BCUT2D eigenvalue weighted by Crippen LogP contribution is -2.46. The minimum absolute atomic E-state index is 0. The first-order valence-corrected chi connectivity index (χ1v) is 7.12. The fourth-order valence-electron chi connectivity index (χ4n) is 1.62. The van der Waals surface area contributed by atoms with Gasteiger partial charge in [-0.2, -0.15) is 5.10 Å². The van der Waals surface area contributed by atoms with Gasteiger partial charge in [0.25, 0.3) is 11.9 Å². The lowest BCUT2D eigenvalue weighted by atomic mass is 10.1. The van der Waals surface area contributed by atoms with E-state index in [0.717, 1.165) is 5.56 Å². The molecule has 24 heavy (non-hydrogen) atoms.